The lowest BCUT2D eigenvalue weighted by Crippen LogP contribution is -2.42. The van der Waals surface area contributed by atoms with Gasteiger partial charge >= 0.3 is 12.3 Å². The molecule has 1 aliphatic heterocycles. The number of benzene rings is 2. The smallest absolute Gasteiger partial charge is 0.416 e. The minimum absolute atomic E-state index is 0. The van der Waals surface area contributed by atoms with E-state index in [1.54, 1.807) is 6.07 Å². The number of alkyl halides is 3. The highest BCUT2D eigenvalue weighted by Gasteiger charge is 2.30. The van der Waals surface area contributed by atoms with Crippen molar-refractivity contribution in [1.82, 2.24) is 10.3 Å². The summed E-state index contributed by atoms with van der Waals surface area (Å²) >= 11 is 0. The molecule has 1 aromatic heterocycles. The van der Waals surface area contributed by atoms with Gasteiger partial charge in [0.2, 0.25) is 5.91 Å². The molecule has 0 aliphatic carbocycles. The maximum Gasteiger partial charge on any atom is 0.416 e. The van der Waals surface area contributed by atoms with E-state index < -0.39 is 17.8 Å². The average Bonchev–Trinajstić information content (AvgIpc) is 3.29. The quantitative estimate of drug-likeness (QED) is 0.364. The lowest BCUT2D eigenvalue weighted by atomic mass is 10.1. The molecular weight excluding hydrogens is 533 g/mol. The number of nitrogens with zero attached hydrogens (tertiary/aromatic N) is 2. The summed E-state index contributed by atoms with van der Waals surface area (Å²) in [4.78, 5) is 31.3. The first-order valence-electron chi connectivity index (χ1n) is 12.5. The van der Waals surface area contributed by atoms with Gasteiger partial charge in [0, 0.05) is 36.0 Å². The molecule has 2 aromatic carbocycles. The minimum atomic E-state index is -4.38. The number of halogens is 4. The lowest BCUT2D eigenvalue weighted by Gasteiger charge is -2.22. The van der Waals surface area contributed by atoms with Crippen molar-refractivity contribution in [2.45, 2.75) is 57.9 Å². The number of nitrogens with one attached hydrogen (secondary N) is 2. The third kappa shape index (κ3) is 8.48. The van der Waals surface area contributed by atoms with E-state index in [9.17, 15) is 22.8 Å². The number of fused-ring (bicyclic) bond motifs is 1. The first-order valence-corrected chi connectivity index (χ1v) is 12.5. The van der Waals surface area contributed by atoms with Gasteiger partial charge < -0.3 is 20.3 Å². The van der Waals surface area contributed by atoms with Crippen molar-refractivity contribution in [2.75, 3.05) is 23.3 Å². The van der Waals surface area contributed by atoms with Gasteiger partial charge in [0.15, 0.2) is 0 Å². The molecule has 4 rings (SSSR count). The number of carbonyl (C=O) groups is 2. The third-order valence-electron chi connectivity index (χ3n) is 6.10. The van der Waals surface area contributed by atoms with Gasteiger partial charge in [0.1, 0.15) is 11.9 Å². The number of hydrogen-bond acceptors (Lipinski definition) is 5. The summed E-state index contributed by atoms with van der Waals surface area (Å²) in [6, 6.07) is 14.1. The Kier molecular flexibility index (Phi) is 9.32. The molecule has 39 heavy (non-hydrogen) atoms. The van der Waals surface area contributed by atoms with Crippen molar-refractivity contribution in [2.24, 2.45) is 0 Å². The first-order chi connectivity index (χ1) is 17.9. The van der Waals surface area contributed by atoms with Crippen LogP contribution in [0.25, 0.3) is 10.9 Å². The number of rotatable bonds is 6. The fourth-order valence-electron chi connectivity index (χ4n) is 4.23. The van der Waals surface area contributed by atoms with Gasteiger partial charge in [0.05, 0.1) is 17.6 Å². The van der Waals surface area contributed by atoms with Crippen molar-refractivity contribution in [1.29, 1.82) is 0 Å². The molecular formula is C28H32ClF3N4O3. The Morgan fingerprint density at radius 1 is 1.05 bits per heavy atom. The molecule has 2 amide bonds. The van der Waals surface area contributed by atoms with Crippen molar-refractivity contribution in [3.63, 3.8) is 0 Å². The van der Waals surface area contributed by atoms with E-state index in [4.69, 9.17) is 9.72 Å². The Balaban J connectivity index is 0.00000420. The number of aryl methyl sites for hydroxylation is 1. The predicted octanol–water partition coefficient (Wildman–Crippen LogP) is 6.35. The van der Waals surface area contributed by atoms with Crippen molar-refractivity contribution >= 4 is 46.8 Å². The standard InChI is InChI=1S/C28H31F3N4O3.ClH/c1-27(2,3)34-26(37)38-22-14-15-35(17-22)24-12-7-19-16-21(10-11-23(19)33-24)32-25(36)13-6-18-4-8-20(9-5-18)28(29,30)31;/h4-5,7-12,16,22H,6,13-15,17H2,1-3H3,(H,32,36)(H,34,37);1H. The van der Waals surface area contributed by atoms with Gasteiger partial charge in [-0.15, -0.1) is 12.4 Å². The molecule has 0 spiro atoms. The van der Waals surface area contributed by atoms with Crippen LogP contribution >= 0.6 is 12.4 Å². The number of pyridine rings is 1. The highest BCUT2D eigenvalue weighted by atomic mass is 35.5. The molecule has 1 fully saturated rings. The predicted molar refractivity (Wildman–Crippen MR) is 147 cm³/mol. The number of alkyl carbamates (subject to hydrolysis) is 1. The Hall–Kier alpha value is -3.53. The number of carbonyl (C=O) groups excluding carboxylic acids is 2. The average molecular weight is 565 g/mol. The molecule has 2 N–H and O–H groups in total. The summed E-state index contributed by atoms with van der Waals surface area (Å²) in [5, 5.41) is 6.49. The fraction of sp³-hybridized carbons (Fsp3) is 0.393. The van der Waals surface area contributed by atoms with E-state index in [2.05, 4.69) is 15.5 Å². The van der Waals surface area contributed by atoms with E-state index in [-0.39, 0.29) is 36.4 Å². The number of hydrogen-bond donors (Lipinski definition) is 2. The third-order valence-corrected chi connectivity index (χ3v) is 6.10. The fourth-order valence-corrected chi connectivity index (χ4v) is 4.23. The van der Waals surface area contributed by atoms with Gasteiger partial charge in [-0.05, 0) is 75.2 Å². The van der Waals surface area contributed by atoms with Crippen LogP contribution < -0.4 is 15.5 Å². The number of amides is 2. The first kappa shape index (κ1) is 30.0. The second-order valence-electron chi connectivity index (χ2n) is 10.5. The van der Waals surface area contributed by atoms with Crippen molar-refractivity contribution in [3.05, 3.63) is 65.7 Å². The van der Waals surface area contributed by atoms with Gasteiger partial charge in [0.25, 0.3) is 0 Å². The summed E-state index contributed by atoms with van der Waals surface area (Å²) in [6.45, 7) is 6.97. The molecule has 210 valence electrons. The van der Waals surface area contributed by atoms with E-state index in [1.807, 2.05) is 45.0 Å². The number of aromatic nitrogens is 1. The maximum atomic E-state index is 12.7. The van der Waals surface area contributed by atoms with Gasteiger partial charge in [-0.1, -0.05) is 12.1 Å². The summed E-state index contributed by atoms with van der Waals surface area (Å²) in [5.74, 6) is 0.556. The van der Waals surface area contributed by atoms with Crippen LogP contribution in [0.1, 0.15) is 44.7 Å². The van der Waals surface area contributed by atoms with Gasteiger partial charge in [-0.2, -0.15) is 13.2 Å². The Morgan fingerprint density at radius 2 is 1.77 bits per heavy atom. The van der Waals surface area contributed by atoms with Crippen molar-refractivity contribution in [3.8, 4) is 0 Å². The van der Waals surface area contributed by atoms with Crippen LogP contribution in [-0.4, -0.2) is 41.7 Å². The van der Waals surface area contributed by atoms with E-state index in [1.165, 1.54) is 12.1 Å². The Bertz CT molecular complexity index is 1310. The van der Waals surface area contributed by atoms with Crippen LogP contribution in [0.15, 0.2) is 54.6 Å². The molecule has 3 aromatic rings. The van der Waals surface area contributed by atoms with Crippen LogP contribution in [0.5, 0.6) is 0 Å². The van der Waals surface area contributed by atoms with Crippen LogP contribution in [0.3, 0.4) is 0 Å². The largest absolute Gasteiger partial charge is 0.444 e. The summed E-state index contributed by atoms with van der Waals surface area (Å²) in [5.41, 5.74) is 0.969. The molecule has 0 bridgehead atoms. The second-order valence-corrected chi connectivity index (χ2v) is 10.5. The summed E-state index contributed by atoms with van der Waals surface area (Å²) < 4.78 is 43.6. The molecule has 1 saturated heterocycles. The molecule has 2 heterocycles. The molecule has 0 saturated carbocycles. The molecule has 11 heteroatoms. The number of ether oxygens (including phenoxy) is 1. The van der Waals surface area contributed by atoms with Crippen LogP contribution in [0.2, 0.25) is 0 Å². The zero-order valence-corrected chi connectivity index (χ0v) is 22.8. The topological polar surface area (TPSA) is 83.6 Å². The molecule has 0 radical (unpaired) electrons. The van der Waals surface area contributed by atoms with E-state index >= 15 is 0 Å². The van der Waals surface area contributed by atoms with Crippen molar-refractivity contribution < 1.29 is 27.5 Å². The van der Waals surface area contributed by atoms with Crippen LogP contribution in [-0.2, 0) is 22.1 Å². The lowest BCUT2D eigenvalue weighted by molar-refractivity contribution is -0.137. The van der Waals surface area contributed by atoms with Crippen LogP contribution in [0, 0.1) is 0 Å². The maximum absolute atomic E-state index is 12.7. The SMILES string of the molecule is CC(C)(C)NC(=O)OC1CCN(c2ccc3cc(NC(=O)CCc4ccc(C(F)(F)F)cc4)ccc3n2)C1.Cl. The second kappa shape index (κ2) is 12.1. The molecule has 1 atom stereocenters. The van der Waals surface area contributed by atoms with E-state index in [0.29, 0.717) is 30.6 Å². The van der Waals surface area contributed by atoms with Crippen LogP contribution in [0.4, 0.5) is 29.5 Å². The zero-order valence-electron chi connectivity index (χ0n) is 22.0. The monoisotopic (exact) mass is 564 g/mol. The highest BCUT2D eigenvalue weighted by Crippen LogP contribution is 2.29. The minimum Gasteiger partial charge on any atom is -0.444 e. The van der Waals surface area contributed by atoms with Gasteiger partial charge in [-0.3, -0.25) is 4.79 Å². The van der Waals surface area contributed by atoms with E-state index in [0.717, 1.165) is 35.4 Å². The summed E-state index contributed by atoms with van der Waals surface area (Å²) in [7, 11) is 0. The summed E-state index contributed by atoms with van der Waals surface area (Å²) in [6.07, 6.45) is -3.82. The molecule has 1 unspecified atom stereocenters. The highest BCUT2D eigenvalue weighted by molar-refractivity contribution is 5.94. The molecule has 1 aliphatic rings. The molecule has 7 nitrogen and oxygen atoms in total. The normalized spacial score (nSPS) is 15.5. The zero-order chi connectivity index (χ0) is 27.5. The van der Waals surface area contributed by atoms with Gasteiger partial charge in [-0.25, -0.2) is 9.78 Å². The Labute approximate surface area is 231 Å². The Morgan fingerprint density at radius 3 is 2.44 bits per heavy atom. The number of anilines is 2.